The molecule has 0 aromatic heterocycles. The summed E-state index contributed by atoms with van der Waals surface area (Å²) in [5, 5.41) is 24.0. The van der Waals surface area contributed by atoms with Crippen LogP contribution in [-0.2, 0) is 9.59 Å². The Morgan fingerprint density at radius 1 is 1.27 bits per heavy atom. The average Bonchev–Trinajstić information content (AvgIpc) is 3.34. The Morgan fingerprint density at radius 3 is 2.63 bits per heavy atom. The summed E-state index contributed by atoms with van der Waals surface area (Å²) in [5.41, 5.74) is 1.52. The standard InChI is InChI=1S/C32H44N2O7/c1-17(2)10-26(37)34(15-19-6-7-20-13-23(19)32(20,3)4)24-14-22(31(39)33-8-9-35)27-21-11-18(16-36)12-25(40-5)29(21)41-30(27)28(24)38/h11-12,14,16-17,19-20,23-24,27-28,30,35,38H,6-10,13,15H2,1-5H3,(H,33,39). The van der Waals surface area contributed by atoms with Crippen LogP contribution < -0.4 is 14.8 Å². The summed E-state index contributed by atoms with van der Waals surface area (Å²) in [7, 11) is 1.47. The topological polar surface area (TPSA) is 125 Å². The SMILES string of the molecule is COc1cc(C=O)cc2c1OC1C2C(C(=O)NCCO)=CC(N(CC2CCC3CC2C3(C)C)C(=O)CC(C)C)C1O. The van der Waals surface area contributed by atoms with Crippen molar-refractivity contribution in [3.63, 3.8) is 0 Å². The van der Waals surface area contributed by atoms with Gasteiger partial charge in [0.2, 0.25) is 11.8 Å². The van der Waals surface area contributed by atoms with Crippen molar-refractivity contribution in [2.75, 3.05) is 26.8 Å². The molecule has 5 aliphatic rings. The van der Waals surface area contributed by atoms with E-state index in [0.717, 1.165) is 18.8 Å². The number of aliphatic hydroxyl groups is 2. The maximum absolute atomic E-state index is 13.8. The van der Waals surface area contributed by atoms with Gasteiger partial charge >= 0.3 is 0 Å². The minimum atomic E-state index is -1.12. The van der Waals surface area contributed by atoms with Crippen molar-refractivity contribution < 1.29 is 34.1 Å². The van der Waals surface area contributed by atoms with E-state index < -0.39 is 30.1 Å². The van der Waals surface area contributed by atoms with Gasteiger partial charge in [-0.25, -0.2) is 0 Å². The van der Waals surface area contributed by atoms with E-state index in [1.54, 1.807) is 23.1 Å². The molecule has 7 atom stereocenters. The smallest absolute Gasteiger partial charge is 0.247 e. The molecule has 2 bridgehead atoms. The molecule has 3 fully saturated rings. The zero-order chi connectivity index (χ0) is 29.6. The van der Waals surface area contributed by atoms with E-state index in [1.165, 1.54) is 13.5 Å². The molecule has 224 valence electrons. The molecule has 6 rings (SSSR count). The Bertz CT molecular complexity index is 1220. The van der Waals surface area contributed by atoms with Crippen LogP contribution in [0, 0.1) is 29.1 Å². The molecule has 9 nitrogen and oxygen atoms in total. The summed E-state index contributed by atoms with van der Waals surface area (Å²) >= 11 is 0. The Hall–Kier alpha value is -2.91. The second-order valence-corrected chi connectivity index (χ2v) is 13.2. The summed E-state index contributed by atoms with van der Waals surface area (Å²) in [5.74, 6) is 1.27. The number of carbonyl (C=O) groups excluding carboxylic acids is 3. The van der Waals surface area contributed by atoms with Gasteiger partial charge in [-0.3, -0.25) is 14.4 Å². The molecule has 1 aromatic carbocycles. The highest BCUT2D eigenvalue weighted by Gasteiger charge is 2.56. The van der Waals surface area contributed by atoms with Crippen LogP contribution in [0.5, 0.6) is 11.5 Å². The predicted octanol–water partition coefficient (Wildman–Crippen LogP) is 3.08. The van der Waals surface area contributed by atoms with Gasteiger partial charge in [-0.15, -0.1) is 0 Å². The molecular formula is C32H44N2O7. The van der Waals surface area contributed by atoms with Crippen LogP contribution in [0.25, 0.3) is 0 Å². The summed E-state index contributed by atoms with van der Waals surface area (Å²) in [6, 6.07) is 2.45. The van der Waals surface area contributed by atoms with Crippen LogP contribution in [0.2, 0.25) is 0 Å². The molecule has 1 heterocycles. The van der Waals surface area contributed by atoms with Gasteiger partial charge in [-0.1, -0.05) is 27.7 Å². The molecule has 0 radical (unpaired) electrons. The Labute approximate surface area is 242 Å². The first-order valence-electron chi connectivity index (χ1n) is 14.9. The minimum Gasteiger partial charge on any atom is -0.493 e. The molecule has 0 saturated heterocycles. The van der Waals surface area contributed by atoms with Crippen molar-refractivity contribution in [3.8, 4) is 11.5 Å². The van der Waals surface area contributed by atoms with E-state index in [-0.39, 0.29) is 30.4 Å². The lowest BCUT2D eigenvalue weighted by Gasteiger charge is -2.61. The number of hydrogen-bond donors (Lipinski definition) is 3. The van der Waals surface area contributed by atoms with Gasteiger partial charge in [-0.05, 0) is 66.6 Å². The van der Waals surface area contributed by atoms with Gasteiger partial charge in [0.1, 0.15) is 18.5 Å². The van der Waals surface area contributed by atoms with Gasteiger partial charge < -0.3 is 29.9 Å². The fourth-order valence-corrected chi connectivity index (χ4v) is 7.85. The third kappa shape index (κ3) is 5.16. The Kier molecular flexibility index (Phi) is 8.23. The van der Waals surface area contributed by atoms with Crippen molar-refractivity contribution in [3.05, 3.63) is 34.9 Å². The van der Waals surface area contributed by atoms with Crippen molar-refractivity contribution in [2.45, 2.75) is 77.5 Å². The normalized spacial score (nSPS) is 30.7. The zero-order valence-electron chi connectivity index (χ0n) is 24.8. The van der Waals surface area contributed by atoms with Gasteiger partial charge in [0.05, 0.1) is 25.7 Å². The fraction of sp³-hybridized carbons (Fsp3) is 0.656. The highest BCUT2D eigenvalue weighted by atomic mass is 16.5. The quantitative estimate of drug-likeness (QED) is 0.371. The third-order valence-electron chi connectivity index (χ3n) is 10.1. The van der Waals surface area contributed by atoms with Gasteiger partial charge in [0.15, 0.2) is 11.5 Å². The summed E-state index contributed by atoms with van der Waals surface area (Å²) in [6.07, 6.45) is 4.12. The lowest BCUT2D eigenvalue weighted by atomic mass is 9.45. The monoisotopic (exact) mass is 568 g/mol. The second kappa shape index (κ2) is 11.4. The number of carbonyl (C=O) groups is 3. The number of amides is 2. The second-order valence-electron chi connectivity index (χ2n) is 13.2. The predicted molar refractivity (Wildman–Crippen MR) is 153 cm³/mol. The molecule has 41 heavy (non-hydrogen) atoms. The number of aldehydes is 1. The first kappa shape index (κ1) is 29.6. The van der Waals surface area contributed by atoms with Crippen molar-refractivity contribution in [1.82, 2.24) is 10.2 Å². The molecule has 1 aromatic rings. The maximum atomic E-state index is 13.8. The van der Waals surface area contributed by atoms with Crippen LogP contribution in [0.3, 0.4) is 0 Å². The maximum Gasteiger partial charge on any atom is 0.247 e. The molecule has 4 aliphatic carbocycles. The molecule has 7 unspecified atom stereocenters. The fourth-order valence-electron chi connectivity index (χ4n) is 7.85. The average molecular weight is 569 g/mol. The van der Waals surface area contributed by atoms with Gasteiger partial charge in [0.25, 0.3) is 0 Å². The zero-order valence-corrected chi connectivity index (χ0v) is 24.8. The number of aliphatic hydroxyl groups excluding tert-OH is 2. The van der Waals surface area contributed by atoms with Crippen LogP contribution in [-0.4, -0.2) is 78.3 Å². The molecule has 9 heteroatoms. The molecule has 1 aliphatic heterocycles. The number of ether oxygens (including phenoxy) is 2. The number of nitrogens with one attached hydrogen (secondary N) is 1. The molecular weight excluding hydrogens is 524 g/mol. The molecule has 2 amide bonds. The van der Waals surface area contributed by atoms with Crippen molar-refractivity contribution >= 4 is 18.1 Å². The minimum absolute atomic E-state index is 0.0514. The summed E-state index contributed by atoms with van der Waals surface area (Å²) in [6.45, 7) is 9.00. The van der Waals surface area contributed by atoms with E-state index in [9.17, 15) is 24.6 Å². The number of rotatable bonds is 10. The van der Waals surface area contributed by atoms with Crippen molar-refractivity contribution in [2.24, 2.45) is 29.1 Å². The Balaban J connectivity index is 1.56. The molecule has 3 N–H and O–H groups in total. The summed E-state index contributed by atoms with van der Waals surface area (Å²) in [4.78, 5) is 40.9. The number of nitrogens with zero attached hydrogens (tertiary/aromatic N) is 1. The first-order valence-corrected chi connectivity index (χ1v) is 14.9. The van der Waals surface area contributed by atoms with Crippen LogP contribution in [0.1, 0.15) is 75.2 Å². The molecule has 0 spiro atoms. The molecule has 3 saturated carbocycles. The highest BCUT2D eigenvalue weighted by Crippen LogP contribution is 2.61. The number of benzene rings is 1. The number of methoxy groups -OCH3 is 1. The van der Waals surface area contributed by atoms with Crippen LogP contribution in [0.15, 0.2) is 23.8 Å². The number of fused-ring (bicyclic) bond motifs is 5. The van der Waals surface area contributed by atoms with Crippen molar-refractivity contribution in [1.29, 1.82) is 0 Å². The number of hydrogen-bond acceptors (Lipinski definition) is 7. The summed E-state index contributed by atoms with van der Waals surface area (Å²) < 4.78 is 11.8. The van der Waals surface area contributed by atoms with E-state index >= 15 is 0 Å². The van der Waals surface area contributed by atoms with E-state index in [2.05, 4.69) is 19.2 Å². The lowest BCUT2D eigenvalue weighted by Crippen LogP contribution is -2.59. The van der Waals surface area contributed by atoms with Gasteiger partial charge in [0, 0.05) is 36.2 Å². The van der Waals surface area contributed by atoms with Crippen LogP contribution in [0.4, 0.5) is 0 Å². The largest absolute Gasteiger partial charge is 0.493 e. The lowest BCUT2D eigenvalue weighted by molar-refractivity contribution is -0.147. The van der Waals surface area contributed by atoms with E-state index in [4.69, 9.17) is 9.47 Å². The Morgan fingerprint density at radius 2 is 2.02 bits per heavy atom. The first-order chi connectivity index (χ1) is 19.5. The highest BCUT2D eigenvalue weighted by molar-refractivity contribution is 5.96. The van der Waals surface area contributed by atoms with Gasteiger partial charge in [-0.2, -0.15) is 0 Å². The van der Waals surface area contributed by atoms with E-state index in [0.29, 0.717) is 59.3 Å². The van der Waals surface area contributed by atoms with E-state index in [1.807, 2.05) is 13.8 Å². The van der Waals surface area contributed by atoms with Crippen LogP contribution >= 0.6 is 0 Å². The third-order valence-corrected chi connectivity index (χ3v) is 10.1.